The Morgan fingerprint density at radius 2 is 2.40 bits per heavy atom. The number of allylic oxidation sites excluding steroid dienone is 1. The van der Waals surface area contributed by atoms with Crippen LogP contribution >= 0.6 is 24.0 Å². The Labute approximate surface area is 78.0 Å². The van der Waals surface area contributed by atoms with Crippen molar-refractivity contribution in [3.05, 3.63) is 31.4 Å². The maximum absolute atomic E-state index is 3.91. The van der Waals surface area contributed by atoms with Crippen molar-refractivity contribution < 1.29 is 0 Å². The first-order valence-corrected chi connectivity index (χ1v) is 2.94. The highest BCUT2D eigenvalue weighted by Gasteiger charge is 1.93. The molecule has 0 N–H and O–H groups in total. The standard InChI is InChI=1S/C7H10N2.HI/c1-3-7(2)9-5-4-8-6-9;/h3-7H,1H2,2H3;1H. The van der Waals surface area contributed by atoms with Crippen molar-refractivity contribution in [2.24, 2.45) is 0 Å². The van der Waals surface area contributed by atoms with E-state index in [2.05, 4.69) is 18.5 Å². The van der Waals surface area contributed by atoms with Crippen LogP contribution in [0.15, 0.2) is 31.4 Å². The van der Waals surface area contributed by atoms with Gasteiger partial charge >= 0.3 is 0 Å². The largest absolute Gasteiger partial charge is 0.331 e. The van der Waals surface area contributed by atoms with Crippen LogP contribution in [0.1, 0.15) is 13.0 Å². The normalized spacial score (nSPS) is 11.7. The number of halogens is 1. The predicted octanol–water partition coefficient (Wildman–Crippen LogP) is 2.25. The van der Waals surface area contributed by atoms with E-state index in [1.54, 1.807) is 12.5 Å². The fraction of sp³-hybridized carbons (Fsp3) is 0.286. The summed E-state index contributed by atoms with van der Waals surface area (Å²) in [7, 11) is 0. The molecule has 1 aromatic heterocycles. The Bertz CT molecular complexity index is 181. The quantitative estimate of drug-likeness (QED) is 0.581. The molecule has 1 aromatic rings. The molecule has 0 aliphatic carbocycles. The van der Waals surface area contributed by atoms with E-state index in [9.17, 15) is 0 Å². The average molecular weight is 250 g/mol. The number of rotatable bonds is 2. The molecular formula is C7H11IN2. The lowest BCUT2D eigenvalue weighted by Gasteiger charge is -2.04. The lowest BCUT2D eigenvalue weighted by molar-refractivity contribution is 0.661. The SMILES string of the molecule is C=CC(C)n1ccnc1.I. The van der Waals surface area contributed by atoms with Gasteiger partial charge in [-0.15, -0.1) is 30.6 Å². The molecule has 3 heteroatoms. The molecule has 1 atom stereocenters. The van der Waals surface area contributed by atoms with Crippen molar-refractivity contribution in [2.45, 2.75) is 13.0 Å². The van der Waals surface area contributed by atoms with Gasteiger partial charge < -0.3 is 4.57 Å². The third kappa shape index (κ3) is 2.13. The van der Waals surface area contributed by atoms with Gasteiger partial charge in [-0.1, -0.05) is 6.08 Å². The number of hydrogen-bond acceptors (Lipinski definition) is 1. The highest BCUT2D eigenvalue weighted by atomic mass is 127. The Hall–Kier alpha value is -0.320. The Morgan fingerprint density at radius 3 is 2.80 bits per heavy atom. The van der Waals surface area contributed by atoms with Crippen LogP contribution in [0, 0.1) is 0 Å². The first kappa shape index (κ1) is 9.68. The second-order valence-electron chi connectivity index (χ2n) is 1.99. The number of nitrogens with zero attached hydrogens (tertiary/aromatic N) is 2. The maximum Gasteiger partial charge on any atom is 0.0951 e. The molecule has 0 amide bonds. The fourth-order valence-corrected chi connectivity index (χ4v) is 0.632. The first-order valence-electron chi connectivity index (χ1n) is 2.94. The van der Waals surface area contributed by atoms with Gasteiger partial charge in [0.25, 0.3) is 0 Å². The zero-order valence-electron chi connectivity index (χ0n) is 5.90. The third-order valence-electron chi connectivity index (χ3n) is 1.34. The molecule has 0 aliphatic heterocycles. The van der Waals surface area contributed by atoms with Gasteiger partial charge in [-0.25, -0.2) is 4.98 Å². The van der Waals surface area contributed by atoms with Gasteiger partial charge in [-0.05, 0) is 6.92 Å². The molecule has 2 nitrogen and oxygen atoms in total. The zero-order valence-corrected chi connectivity index (χ0v) is 8.23. The van der Waals surface area contributed by atoms with E-state index in [-0.39, 0.29) is 24.0 Å². The molecule has 0 aromatic carbocycles. The maximum atomic E-state index is 3.91. The summed E-state index contributed by atoms with van der Waals surface area (Å²) in [6.07, 6.45) is 7.35. The molecule has 0 radical (unpaired) electrons. The summed E-state index contributed by atoms with van der Waals surface area (Å²) in [5.41, 5.74) is 0. The summed E-state index contributed by atoms with van der Waals surface area (Å²) in [6, 6.07) is 0.354. The molecule has 10 heavy (non-hydrogen) atoms. The Morgan fingerprint density at radius 1 is 1.70 bits per heavy atom. The highest BCUT2D eigenvalue weighted by Crippen LogP contribution is 2.03. The minimum Gasteiger partial charge on any atom is -0.331 e. The van der Waals surface area contributed by atoms with E-state index in [1.165, 1.54) is 0 Å². The second kappa shape index (κ2) is 4.49. The zero-order chi connectivity index (χ0) is 6.69. The molecule has 0 spiro atoms. The van der Waals surface area contributed by atoms with Crippen LogP contribution in [-0.2, 0) is 0 Å². The van der Waals surface area contributed by atoms with Crippen LogP contribution in [-0.4, -0.2) is 9.55 Å². The molecule has 0 bridgehead atoms. The molecule has 56 valence electrons. The van der Waals surface area contributed by atoms with Crippen LogP contribution in [0.5, 0.6) is 0 Å². The topological polar surface area (TPSA) is 17.8 Å². The van der Waals surface area contributed by atoms with E-state index >= 15 is 0 Å². The third-order valence-corrected chi connectivity index (χ3v) is 1.34. The monoisotopic (exact) mass is 250 g/mol. The van der Waals surface area contributed by atoms with E-state index in [1.807, 2.05) is 16.8 Å². The lowest BCUT2D eigenvalue weighted by atomic mass is 10.3. The van der Waals surface area contributed by atoms with Crippen molar-refractivity contribution in [3.63, 3.8) is 0 Å². The van der Waals surface area contributed by atoms with Crippen LogP contribution < -0.4 is 0 Å². The molecule has 1 rings (SSSR count). The summed E-state index contributed by atoms with van der Waals surface area (Å²) < 4.78 is 1.99. The predicted molar refractivity (Wildman–Crippen MR) is 52.6 cm³/mol. The Kier molecular flexibility index (Phi) is 4.34. The van der Waals surface area contributed by atoms with Gasteiger partial charge in [0.15, 0.2) is 0 Å². The minimum atomic E-state index is 0. The summed E-state index contributed by atoms with van der Waals surface area (Å²) in [4.78, 5) is 3.91. The van der Waals surface area contributed by atoms with Crippen LogP contribution in [0.2, 0.25) is 0 Å². The summed E-state index contributed by atoms with van der Waals surface area (Å²) >= 11 is 0. The van der Waals surface area contributed by atoms with Crippen LogP contribution in [0.25, 0.3) is 0 Å². The average Bonchev–Trinajstić information content (AvgIpc) is 2.37. The van der Waals surface area contributed by atoms with Gasteiger partial charge in [0.2, 0.25) is 0 Å². The minimum absolute atomic E-state index is 0. The van der Waals surface area contributed by atoms with Gasteiger partial charge in [0.1, 0.15) is 0 Å². The lowest BCUT2D eigenvalue weighted by Crippen LogP contribution is -1.96. The first-order chi connectivity index (χ1) is 4.34. The van der Waals surface area contributed by atoms with E-state index < -0.39 is 0 Å². The van der Waals surface area contributed by atoms with Crippen molar-refractivity contribution >= 4 is 24.0 Å². The van der Waals surface area contributed by atoms with E-state index in [0.29, 0.717) is 6.04 Å². The molecule has 1 unspecified atom stereocenters. The fourth-order valence-electron chi connectivity index (χ4n) is 0.632. The van der Waals surface area contributed by atoms with Crippen molar-refractivity contribution in [3.8, 4) is 0 Å². The Balaban J connectivity index is 0.000000810. The van der Waals surface area contributed by atoms with Crippen molar-refractivity contribution in [2.75, 3.05) is 0 Å². The van der Waals surface area contributed by atoms with Gasteiger partial charge in [0.05, 0.1) is 6.33 Å². The van der Waals surface area contributed by atoms with Crippen molar-refractivity contribution in [1.29, 1.82) is 0 Å². The van der Waals surface area contributed by atoms with Gasteiger partial charge in [-0.3, -0.25) is 0 Å². The summed E-state index contributed by atoms with van der Waals surface area (Å²) in [5, 5.41) is 0. The molecular weight excluding hydrogens is 239 g/mol. The molecule has 0 fully saturated rings. The van der Waals surface area contributed by atoms with Crippen molar-refractivity contribution in [1.82, 2.24) is 9.55 Å². The van der Waals surface area contributed by atoms with Gasteiger partial charge in [-0.2, -0.15) is 0 Å². The summed E-state index contributed by atoms with van der Waals surface area (Å²) in [5.74, 6) is 0. The molecule has 1 heterocycles. The van der Waals surface area contributed by atoms with Crippen LogP contribution in [0.4, 0.5) is 0 Å². The van der Waals surface area contributed by atoms with Gasteiger partial charge in [0, 0.05) is 18.4 Å². The number of imidazole rings is 1. The molecule has 0 saturated heterocycles. The number of aromatic nitrogens is 2. The highest BCUT2D eigenvalue weighted by molar-refractivity contribution is 14.0. The smallest absolute Gasteiger partial charge is 0.0951 e. The molecule has 0 saturated carbocycles. The second-order valence-corrected chi connectivity index (χ2v) is 1.99. The van der Waals surface area contributed by atoms with E-state index in [0.717, 1.165) is 0 Å². The summed E-state index contributed by atoms with van der Waals surface area (Å²) in [6.45, 7) is 5.73. The molecule has 0 aliphatic rings. The number of hydrogen-bond donors (Lipinski definition) is 0. The van der Waals surface area contributed by atoms with Crippen LogP contribution in [0.3, 0.4) is 0 Å². The van der Waals surface area contributed by atoms with E-state index in [4.69, 9.17) is 0 Å².